The van der Waals surface area contributed by atoms with Gasteiger partial charge in [0.2, 0.25) is 0 Å². The summed E-state index contributed by atoms with van der Waals surface area (Å²) >= 11 is 1.98. The Morgan fingerprint density at radius 2 is 1.47 bits per heavy atom. The van der Waals surface area contributed by atoms with Crippen molar-refractivity contribution >= 4 is 40.9 Å². The molecule has 3 heteroatoms. The highest BCUT2D eigenvalue weighted by Gasteiger charge is 2.87. The molecule has 7 saturated carbocycles. The first-order chi connectivity index (χ1) is 26.1. The maximum atomic E-state index is 2.86. The van der Waals surface area contributed by atoms with Crippen molar-refractivity contribution in [3.63, 3.8) is 0 Å². The van der Waals surface area contributed by atoms with Gasteiger partial charge in [0, 0.05) is 37.8 Å². The molecule has 8 aliphatic carbocycles. The van der Waals surface area contributed by atoms with E-state index >= 15 is 0 Å². The molecule has 0 saturated heterocycles. The lowest BCUT2D eigenvalue weighted by atomic mass is 9.12. The maximum Gasteiger partial charge on any atom is 0.329 e. The van der Waals surface area contributed by atoms with Crippen LogP contribution in [0.5, 0.6) is 0 Å². The Labute approximate surface area is 317 Å². The number of fused-ring (bicyclic) bond motifs is 8. The van der Waals surface area contributed by atoms with Crippen molar-refractivity contribution < 1.29 is 0 Å². The number of aryl methyl sites for hydroxylation is 1. The van der Waals surface area contributed by atoms with E-state index in [1.807, 2.05) is 11.8 Å². The van der Waals surface area contributed by atoms with Crippen molar-refractivity contribution in [3.05, 3.63) is 118 Å². The first kappa shape index (κ1) is 27.8. The van der Waals surface area contributed by atoms with Crippen LogP contribution in [0.3, 0.4) is 0 Å². The van der Waals surface area contributed by atoms with Crippen LogP contribution in [-0.4, -0.2) is 6.85 Å². The van der Waals surface area contributed by atoms with E-state index in [9.17, 15) is 0 Å². The van der Waals surface area contributed by atoms with E-state index in [2.05, 4.69) is 96.7 Å². The largest absolute Gasteiger partial charge is 0.375 e. The van der Waals surface area contributed by atoms with Crippen LogP contribution in [0.4, 0.5) is 11.4 Å². The standard InChI is InChI=1S/C50H42BNS/c1-25-13-39-35-5-4-8-44-47(35)52(42-6-2-3-7-43(42)53-44)51-41-22-30(48-23-33-18-32-19-34(24-48)50(32,33)48)21-38-36-20-29(49-27-11-12-28(49)17-31(49)16-27)10-9-26(36)15-37(45(38)41)40(14-25)46(39)51/h2-10,13-14,20-22,27-28,31-34,37H,11-12,15-19,23-24H2,1H3. The molecule has 0 N–H and O–H groups in total. The first-order valence-corrected chi connectivity index (χ1v) is 22.1. The van der Waals surface area contributed by atoms with Gasteiger partial charge in [-0.1, -0.05) is 84.1 Å². The molecule has 1 nitrogen and oxygen atoms in total. The normalized spacial score (nSPS) is 38.6. The zero-order chi connectivity index (χ0) is 33.9. The zero-order valence-corrected chi connectivity index (χ0v) is 31.2. The van der Waals surface area contributed by atoms with Gasteiger partial charge < -0.3 is 4.81 Å². The maximum absolute atomic E-state index is 2.86. The topological polar surface area (TPSA) is 3.24 Å². The second-order valence-electron chi connectivity index (χ2n) is 20.0. The number of nitrogens with zero attached hydrogens (tertiary/aromatic N) is 1. The number of para-hydroxylation sites is 2. The predicted molar refractivity (Wildman–Crippen MR) is 215 cm³/mol. The molecule has 5 unspecified atom stereocenters. The van der Waals surface area contributed by atoms with E-state index in [1.165, 1.54) is 89.2 Å². The highest BCUT2D eigenvalue weighted by atomic mass is 32.2. The summed E-state index contributed by atoms with van der Waals surface area (Å²) in [5.41, 5.74) is 23.6. The van der Waals surface area contributed by atoms with Crippen LogP contribution in [0.2, 0.25) is 0 Å². The number of hydrogen-bond acceptors (Lipinski definition) is 2. The van der Waals surface area contributed by atoms with Crippen molar-refractivity contribution in [1.82, 2.24) is 0 Å². The fourth-order valence-corrected chi connectivity index (χ4v) is 18.6. The number of rotatable bonds is 2. The summed E-state index contributed by atoms with van der Waals surface area (Å²) in [4.78, 5) is 5.64. The SMILES string of the molecule is Cc1cc2c3c(c1)C1Cc4ccc(C56C7CCC5CC6C7)cc4-c4cc(C56CC7CC8CC(C5)C876)cc(c41)B3N1c3ccccc3Sc3cccc-2c31. The fourth-order valence-electron chi connectivity index (χ4n) is 17.5. The minimum absolute atomic E-state index is 0.197. The highest BCUT2D eigenvalue weighted by molar-refractivity contribution is 7.99. The van der Waals surface area contributed by atoms with Crippen LogP contribution in [0.1, 0.15) is 90.7 Å². The molecule has 53 heavy (non-hydrogen) atoms. The van der Waals surface area contributed by atoms with Gasteiger partial charge in [0.1, 0.15) is 0 Å². The molecule has 16 rings (SSSR count). The summed E-state index contributed by atoms with van der Waals surface area (Å²) in [6.07, 6.45) is 13.0. The molecule has 5 aromatic rings. The number of hydrogen-bond donors (Lipinski definition) is 0. The summed E-state index contributed by atoms with van der Waals surface area (Å²) in [6.45, 7) is 2.55. The molecule has 11 aliphatic rings. The molecule has 5 atom stereocenters. The lowest BCUT2D eigenvalue weighted by Crippen LogP contribution is -2.87. The second-order valence-corrected chi connectivity index (χ2v) is 21.1. The minimum atomic E-state index is 0.197. The average molecular weight is 700 g/mol. The van der Waals surface area contributed by atoms with E-state index in [4.69, 9.17) is 0 Å². The van der Waals surface area contributed by atoms with E-state index in [0.29, 0.717) is 22.2 Å². The van der Waals surface area contributed by atoms with Gasteiger partial charge in [-0.2, -0.15) is 0 Å². The van der Waals surface area contributed by atoms with Gasteiger partial charge in [0.15, 0.2) is 0 Å². The summed E-state index contributed by atoms with van der Waals surface area (Å²) in [7, 11) is 0. The van der Waals surface area contributed by atoms with Crippen LogP contribution in [0.15, 0.2) is 94.7 Å². The molecular formula is C50H42BNS. The Balaban J connectivity index is 1.00. The van der Waals surface area contributed by atoms with Crippen molar-refractivity contribution in [2.45, 2.75) is 91.2 Å². The molecule has 3 heterocycles. The van der Waals surface area contributed by atoms with E-state index < -0.39 is 0 Å². The zero-order valence-electron chi connectivity index (χ0n) is 30.4. The van der Waals surface area contributed by atoms with Gasteiger partial charge in [0.05, 0.1) is 5.69 Å². The summed E-state index contributed by atoms with van der Waals surface area (Å²) in [5, 5.41) is 0. The average Bonchev–Trinajstić information content (AvgIpc) is 3.27. The van der Waals surface area contributed by atoms with Crippen LogP contribution in [0.25, 0.3) is 22.3 Å². The van der Waals surface area contributed by atoms with Crippen LogP contribution in [-0.2, 0) is 17.3 Å². The Morgan fingerprint density at radius 1 is 0.679 bits per heavy atom. The van der Waals surface area contributed by atoms with Gasteiger partial charge in [-0.3, -0.25) is 0 Å². The summed E-state index contributed by atoms with van der Waals surface area (Å²) in [5.74, 6) is 6.25. The quantitative estimate of drug-likeness (QED) is 0.169. The van der Waals surface area contributed by atoms with Gasteiger partial charge in [-0.25, -0.2) is 0 Å². The molecule has 3 aliphatic heterocycles. The fraction of sp³-hybridized carbons (Fsp3) is 0.400. The van der Waals surface area contributed by atoms with Crippen molar-refractivity contribution in [2.75, 3.05) is 4.81 Å². The van der Waals surface area contributed by atoms with E-state index in [0.717, 1.165) is 41.9 Å². The van der Waals surface area contributed by atoms with Crippen molar-refractivity contribution in [2.24, 2.45) is 40.9 Å². The van der Waals surface area contributed by atoms with Gasteiger partial charge in [-0.05, 0) is 179 Å². The van der Waals surface area contributed by atoms with Gasteiger partial charge in [-0.15, -0.1) is 0 Å². The lowest BCUT2D eigenvalue weighted by molar-refractivity contribution is -0.395. The highest BCUT2D eigenvalue weighted by Crippen LogP contribution is 2.92. The molecule has 7 fully saturated rings. The lowest BCUT2D eigenvalue weighted by Gasteiger charge is -2.91. The van der Waals surface area contributed by atoms with Crippen molar-refractivity contribution in [3.8, 4) is 22.3 Å². The third kappa shape index (κ3) is 2.64. The van der Waals surface area contributed by atoms with E-state index in [1.54, 1.807) is 49.9 Å². The first-order valence-electron chi connectivity index (χ1n) is 21.2. The summed E-state index contributed by atoms with van der Waals surface area (Å²) in [6, 6.07) is 35.4. The second kappa shape index (κ2) is 8.42. The molecular weight excluding hydrogens is 657 g/mol. The smallest absolute Gasteiger partial charge is 0.329 e. The summed E-state index contributed by atoms with van der Waals surface area (Å²) < 4.78 is 0. The monoisotopic (exact) mass is 699 g/mol. The number of anilines is 2. The van der Waals surface area contributed by atoms with Crippen LogP contribution in [0, 0.1) is 47.8 Å². The molecule has 0 amide bonds. The predicted octanol–water partition coefficient (Wildman–Crippen LogP) is 10.4. The van der Waals surface area contributed by atoms with Gasteiger partial charge >= 0.3 is 6.85 Å². The van der Waals surface area contributed by atoms with Crippen LogP contribution < -0.4 is 15.7 Å². The number of benzene rings is 5. The Bertz CT molecular complexity index is 2610. The molecule has 5 aromatic carbocycles. The Morgan fingerprint density at radius 3 is 2.28 bits per heavy atom. The molecule has 256 valence electrons. The van der Waals surface area contributed by atoms with Crippen molar-refractivity contribution in [1.29, 1.82) is 0 Å². The molecule has 1 spiro atoms. The van der Waals surface area contributed by atoms with E-state index in [-0.39, 0.29) is 6.85 Å². The Hall–Kier alpha value is -3.69. The third-order valence-electron chi connectivity index (χ3n) is 19.1. The molecule has 0 radical (unpaired) electrons. The Kier molecular flexibility index (Phi) is 4.42. The third-order valence-corrected chi connectivity index (χ3v) is 20.2. The minimum Gasteiger partial charge on any atom is -0.375 e. The molecule has 0 bridgehead atoms. The van der Waals surface area contributed by atoms with Crippen LogP contribution >= 0.6 is 11.8 Å². The van der Waals surface area contributed by atoms with Gasteiger partial charge in [0.25, 0.3) is 0 Å². The molecule has 0 aromatic heterocycles.